The first-order valence-corrected chi connectivity index (χ1v) is 15.5. The predicted octanol–water partition coefficient (Wildman–Crippen LogP) is 2.98. The predicted molar refractivity (Wildman–Crippen MR) is 158 cm³/mol. The van der Waals surface area contributed by atoms with Crippen LogP contribution in [0.5, 0.6) is 0 Å². The van der Waals surface area contributed by atoms with E-state index in [2.05, 4.69) is 0 Å². The van der Waals surface area contributed by atoms with Gasteiger partial charge < -0.3 is 38.6 Å². The van der Waals surface area contributed by atoms with E-state index in [1.54, 1.807) is 41.5 Å². The normalized spacial score (nSPS) is 26.6. The molecule has 13 nitrogen and oxygen atoms in total. The SMILES string of the molecule is CC(=O)O[C@H]1C[C@]2(O)C(COC(=O)[C@H](OC(=O)CC(C)C)C(C)C)=CO[C@@H](OC(=O)CC(C)C)[C@@H]2[C@@]1(O)COC(=O)CC(C)C. The Hall–Kier alpha value is -3.19. The average molecular weight is 643 g/mol. The Balaban J connectivity index is 2.45. The maximum atomic E-state index is 13.1. The summed E-state index contributed by atoms with van der Waals surface area (Å²) in [5.74, 6) is -5.65. The standard InChI is InChI=1S/C32H50O13/c1-17(2)10-24(34)42-16-32(39)23(43-21(9)33)13-31(38)22(15-41-30(28(31)32)45-26(36)12-19(5)6)14-40-29(37)27(20(7)8)44-25(35)11-18(3)4/h15,17-20,23,27-28,30,38-39H,10-14,16H2,1-9H3/t23-,27+,28-,30-,31-,32+/m0/s1. The minimum Gasteiger partial charge on any atom is -0.462 e. The van der Waals surface area contributed by atoms with Crippen molar-refractivity contribution in [2.24, 2.45) is 29.6 Å². The minimum absolute atomic E-state index is 0.000486. The molecule has 1 aliphatic heterocycles. The van der Waals surface area contributed by atoms with Gasteiger partial charge in [-0.2, -0.15) is 0 Å². The first-order valence-electron chi connectivity index (χ1n) is 15.5. The second-order valence-electron chi connectivity index (χ2n) is 13.5. The molecule has 0 spiro atoms. The molecule has 0 radical (unpaired) electrons. The smallest absolute Gasteiger partial charge is 0.348 e. The van der Waals surface area contributed by atoms with Gasteiger partial charge in [-0.3, -0.25) is 19.2 Å². The zero-order valence-corrected chi connectivity index (χ0v) is 27.8. The van der Waals surface area contributed by atoms with E-state index in [0.29, 0.717) is 0 Å². The van der Waals surface area contributed by atoms with Crippen LogP contribution in [0.15, 0.2) is 11.8 Å². The van der Waals surface area contributed by atoms with E-state index in [1.165, 1.54) is 0 Å². The van der Waals surface area contributed by atoms with Crippen LogP contribution in [-0.2, 0) is 52.4 Å². The van der Waals surface area contributed by atoms with E-state index in [4.69, 9.17) is 28.4 Å². The molecule has 45 heavy (non-hydrogen) atoms. The fourth-order valence-corrected chi connectivity index (χ4v) is 5.41. The fraction of sp³-hybridized carbons (Fsp3) is 0.781. The van der Waals surface area contributed by atoms with Crippen LogP contribution in [0.3, 0.4) is 0 Å². The summed E-state index contributed by atoms with van der Waals surface area (Å²) in [7, 11) is 0. The summed E-state index contributed by atoms with van der Waals surface area (Å²) in [6.07, 6.45) is -3.49. The zero-order chi connectivity index (χ0) is 34.3. The van der Waals surface area contributed by atoms with Gasteiger partial charge in [-0.15, -0.1) is 0 Å². The quantitative estimate of drug-likeness (QED) is 0.197. The van der Waals surface area contributed by atoms with Gasteiger partial charge in [0, 0.05) is 44.1 Å². The molecule has 0 amide bonds. The molecule has 0 aromatic rings. The summed E-state index contributed by atoms with van der Waals surface area (Å²) >= 11 is 0. The van der Waals surface area contributed by atoms with Crippen molar-refractivity contribution in [1.29, 1.82) is 0 Å². The first kappa shape index (κ1) is 38.0. The lowest BCUT2D eigenvalue weighted by molar-refractivity contribution is -0.241. The molecule has 0 bridgehead atoms. The molecule has 0 unspecified atom stereocenters. The van der Waals surface area contributed by atoms with Gasteiger partial charge in [-0.25, -0.2) is 4.79 Å². The average Bonchev–Trinajstić information content (AvgIpc) is 3.10. The molecule has 2 rings (SSSR count). The van der Waals surface area contributed by atoms with Crippen LogP contribution in [0.2, 0.25) is 0 Å². The lowest BCUT2D eigenvalue weighted by Crippen LogP contribution is -2.59. The number of esters is 5. The number of hydrogen-bond acceptors (Lipinski definition) is 13. The highest BCUT2D eigenvalue weighted by Crippen LogP contribution is 2.53. The summed E-state index contributed by atoms with van der Waals surface area (Å²) in [4.78, 5) is 62.6. The van der Waals surface area contributed by atoms with Crippen LogP contribution in [0.4, 0.5) is 0 Å². The largest absolute Gasteiger partial charge is 0.462 e. The van der Waals surface area contributed by atoms with E-state index in [-0.39, 0.29) is 42.6 Å². The van der Waals surface area contributed by atoms with Crippen LogP contribution in [0.1, 0.15) is 88.0 Å². The second-order valence-corrected chi connectivity index (χ2v) is 13.5. The Bertz CT molecular complexity index is 1110. The first-order chi connectivity index (χ1) is 20.8. The molecule has 1 heterocycles. The van der Waals surface area contributed by atoms with Crippen LogP contribution in [-0.4, -0.2) is 83.0 Å². The number of rotatable bonds is 15. The Morgan fingerprint density at radius 1 is 0.844 bits per heavy atom. The molecule has 0 aromatic heterocycles. The molecule has 0 saturated heterocycles. The van der Waals surface area contributed by atoms with E-state index in [1.807, 2.05) is 13.8 Å². The van der Waals surface area contributed by atoms with Crippen molar-refractivity contribution in [2.75, 3.05) is 13.2 Å². The number of fused-ring (bicyclic) bond motifs is 1. The van der Waals surface area contributed by atoms with Gasteiger partial charge in [0.25, 0.3) is 6.29 Å². The second kappa shape index (κ2) is 15.9. The van der Waals surface area contributed by atoms with Crippen molar-refractivity contribution in [3.8, 4) is 0 Å². The summed E-state index contributed by atoms with van der Waals surface area (Å²) in [5.41, 5.74) is -4.45. The monoisotopic (exact) mass is 642 g/mol. The summed E-state index contributed by atoms with van der Waals surface area (Å²) < 4.78 is 32.9. The van der Waals surface area contributed by atoms with Crippen molar-refractivity contribution in [3.63, 3.8) is 0 Å². The fourth-order valence-electron chi connectivity index (χ4n) is 5.41. The lowest BCUT2D eigenvalue weighted by atomic mass is 9.77. The highest BCUT2D eigenvalue weighted by molar-refractivity contribution is 5.80. The third kappa shape index (κ3) is 10.2. The Kier molecular flexibility index (Phi) is 13.4. The third-order valence-corrected chi connectivity index (χ3v) is 7.49. The Morgan fingerprint density at radius 3 is 1.93 bits per heavy atom. The summed E-state index contributed by atoms with van der Waals surface area (Å²) in [5, 5.41) is 24.2. The Morgan fingerprint density at radius 2 is 1.40 bits per heavy atom. The van der Waals surface area contributed by atoms with Gasteiger partial charge in [0.15, 0.2) is 0 Å². The van der Waals surface area contributed by atoms with E-state index >= 15 is 0 Å². The minimum atomic E-state index is -2.29. The molecule has 2 aliphatic rings. The molecule has 1 aliphatic carbocycles. The number of carbonyl (C=O) groups excluding carboxylic acids is 5. The number of hydrogen-bond donors (Lipinski definition) is 2. The number of ether oxygens (including phenoxy) is 6. The lowest BCUT2D eigenvalue weighted by Gasteiger charge is -2.44. The topological polar surface area (TPSA) is 181 Å². The molecule has 13 heteroatoms. The van der Waals surface area contributed by atoms with E-state index < -0.39 is 91.0 Å². The highest BCUT2D eigenvalue weighted by atomic mass is 16.7. The number of carbonyl (C=O) groups is 5. The van der Waals surface area contributed by atoms with Gasteiger partial charge >= 0.3 is 29.8 Å². The molecule has 6 atom stereocenters. The van der Waals surface area contributed by atoms with Crippen molar-refractivity contribution in [2.45, 2.75) is 118 Å². The molecule has 256 valence electrons. The molecule has 0 aromatic carbocycles. The maximum absolute atomic E-state index is 13.1. The molecular weight excluding hydrogens is 592 g/mol. The van der Waals surface area contributed by atoms with Crippen LogP contribution in [0.25, 0.3) is 0 Å². The molecule has 2 N–H and O–H groups in total. The van der Waals surface area contributed by atoms with Gasteiger partial charge in [0.1, 0.15) is 36.4 Å². The summed E-state index contributed by atoms with van der Waals surface area (Å²) in [6, 6.07) is 0. The van der Waals surface area contributed by atoms with Crippen molar-refractivity contribution in [1.82, 2.24) is 0 Å². The highest BCUT2D eigenvalue weighted by Gasteiger charge is 2.70. The third-order valence-electron chi connectivity index (χ3n) is 7.49. The number of aliphatic hydroxyl groups is 2. The van der Waals surface area contributed by atoms with E-state index in [9.17, 15) is 34.2 Å². The Labute approximate surface area is 264 Å². The maximum Gasteiger partial charge on any atom is 0.348 e. The van der Waals surface area contributed by atoms with Gasteiger partial charge in [0.2, 0.25) is 6.10 Å². The molecule has 1 saturated carbocycles. The summed E-state index contributed by atoms with van der Waals surface area (Å²) in [6.45, 7) is 14.1. The van der Waals surface area contributed by atoms with Gasteiger partial charge in [0.05, 0.1) is 6.26 Å². The zero-order valence-electron chi connectivity index (χ0n) is 27.8. The van der Waals surface area contributed by atoms with E-state index in [0.717, 1.165) is 13.2 Å². The van der Waals surface area contributed by atoms with Crippen molar-refractivity contribution in [3.05, 3.63) is 11.8 Å². The van der Waals surface area contributed by atoms with Crippen LogP contribution in [0, 0.1) is 29.6 Å². The van der Waals surface area contributed by atoms with Crippen LogP contribution < -0.4 is 0 Å². The van der Waals surface area contributed by atoms with Gasteiger partial charge in [-0.1, -0.05) is 55.4 Å². The van der Waals surface area contributed by atoms with Gasteiger partial charge in [-0.05, 0) is 17.8 Å². The van der Waals surface area contributed by atoms with Crippen molar-refractivity contribution < 1.29 is 62.6 Å². The van der Waals surface area contributed by atoms with Crippen LogP contribution >= 0.6 is 0 Å². The molecular formula is C32H50O13. The molecule has 1 fully saturated rings. The van der Waals surface area contributed by atoms with Crippen molar-refractivity contribution >= 4 is 29.8 Å².